The van der Waals surface area contributed by atoms with Gasteiger partial charge in [-0.3, -0.25) is 4.79 Å². The molecule has 0 atom stereocenters. The predicted octanol–water partition coefficient (Wildman–Crippen LogP) is 0.481. The molecule has 0 aromatic heterocycles. The van der Waals surface area contributed by atoms with E-state index >= 15 is 0 Å². The van der Waals surface area contributed by atoms with E-state index in [4.69, 9.17) is 5.11 Å². The SMILES string of the molecule is CN(CC1CC(O)C1)C(=O)C(F)F. The first kappa shape index (κ1) is 10.4. The van der Waals surface area contributed by atoms with Crippen LogP contribution in [-0.4, -0.2) is 42.0 Å². The summed E-state index contributed by atoms with van der Waals surface area (Å²) in [7, 11) is 1.36. The summed E-state index contributed by atoms with van der Waals surface area (Å²) in [5, 5.41) is 8.93. The summed E-state index contributed by atoms with van der Waals surface area (Å²) < 4.78 is 23.8. The largest absolute Gasteiger partial charge is 0.393 e. The fourth-order valence-electron chi connectivity index (χ4n) is 1.49. The Hall–Kier alpha value is -0.710. The van der Waals surface area contributed by atoms with Crippen LogP contribution < -0.4 is 0 Å². The highest BCUT2D eigenvalue weighted by Gasteiger charge is 2.30. The van der Waals surface area contributed by atoms with Gasteiger partial charge >= 0.3 is 6.43 Å². The molecule has 0 aromatic carbocycles. The van der Waals surface area contributed by atoms with Crippen LogP contribution in [0.25, 0.3) is 0 Å². The van der Waals surface area contributed by atoms with Crippen LogP contribution in [0.15, 0.2) is 0 Å². The number of hydrogen-bond donors (Lipinski definition) is 1. The summed E-state index contributed by atoms with van der Waals surface area (Å²) in [6, 6.07) is 0. The average Bonchev–Trinajstić information content (AvgIpc) is 2.00. The van der Waals surface area contributed by atoms with Gasteiger partial charge in [-0.1, -0.05) is 0 Å². The van der Waals surface area contributed by atoms with Crippen molar-refractivity contribution in [2.45, 2.75) is 25.4 Å². The van der Waals surface area contributed by atoms with Gasteiger partial charge in [-0.05, 0) is 18.8 Å². The molecule has 1 N–H and O–H groups in total. The summed E-state index contributed by atoms with van der Waals surface area (Å²) in [6.07, 6.45) is -2.00. The third-order valence-electron chi connectivity index (χ3n) is 2.31. The molecular weight excluding hydrogens is 180 g/mol. The van der Waals surface area contributed by atoms with E-state index in [1.807, 2.05) is 0 Å². The molecule has 1 amide bonds. The molecule has 0 aliphatic heterocycles. The van der Waals surface area contributed by atoms with Crippen molar-refractivity contribution in [1.29, 1.82) is 0 Å². The van der Waals surface area contributed by atoms with Crippen molar-refractivity contribution in [3.63, 3.8) is 0 Å². The highest BCUT2D eigenvalue weighted by molar-refractivity contribution is 5.79. The molecule has 13 heavy (non-hydrogen) atoms. The van der Waals surface area contributed by atoms with Gasteiger partial charge in [0.25, 0.3) is 5.91 Å². The van der Waals surface area contributed by atoms with Crippen molar-refractivity contribution < 1.29 is 18.7 Å². The quantitative estimate of drug-likeness (QED) is 0.708. The lowest BCUT2D eigenvalue weighted by molar-refractivity contribution is -0.143. The number of rotatable bonds is 3. The monoisotopic (exact) mass is 193 g/mol. The van der Waals surface area contributed by atoms with Crippen LogP contribution in [0.2, 0.25) is 0 Å². The second kappa shape index (κ2) is 4.00. The minimum Gasteiger partial charge on any atom is -0.393 e. The maximum absolute atomic E-state index is 11.9. The van der Waals surface area contributed by atoms with Gasteiger partial charge in [0.2, 0.25) is 0 Å². The normalized spacial score (nSPS) is 27.2. The van der Waals surface area contributed by atoms with Crippen molar-refractivity contribution >= 4 is 5.91 Å². The van der Waals surface area contributed by atoms with Crippen LogP contribution in [0.1, 0.15) is 12.8 Å². The number of halogens is 2. The first-order chi connectivity index (χ1) is 6.00. The number of carbonyl (C=O) groups excluding carboxylic acids is 1. The summed E-state index contributed by atoms with van der Waals surface area (Å²) in [5.74, 6) is -0.955. The lowest BCUT2D eigenvalue weighted by Gasteiger charge is -2.34. The summed E-state index contributed by atoms with van der Waals surface area (Å²) in [4.78, 5) is 11.7. The zero-order valence-corrected chi connectivity index (χ0v) is 7.41. The van der Waals surface area contributed by atoms with E-state index in [1.165, 1.54) is 7.05 Å². The molecule has 0 heterocycles. The van der Waals surface area contributed by atoms with Crippen LogP contribution in [0.4, 0.5) is 8.78 Å². The van der Waals surface area contributed by atoms with Crippen LogP contribution in [0, 0.1) is 5.92 Å². The molecule has 0 saturated heterocycles. The Morgan fingerprint density at radius 1 is 1.62 bits per heavy atom. The zero-order chi connectivity index (χ0) is 10.0. The number of alkyl halides is 2. The standard InChI is InChI=1S/C8H13F2NO2/c1-11(8(13)7(9)10)4-5-2-6(12)3-5/h5-7,12H,2-4H2,1H3. The van der Waals surface area contributed by atoms with Crippen molar-refractivity contribution in [3.05, 3.63) is 0 Å². The smallest absolute Gasteiger partial charge is 0.315 e. The van der Waals surface area contributed by atoms with Crippen molar-refractivity contribution in [3.8, 4) is 0 Å². The second-order valence-electron chi connectivity index (χ2n) is 3.51. The van der Waals surface area contributed by atoms with Gasteiger partial charge in [-0.25, -0.2) is 0 Å². The molecule has 1 aliphatic rings. The fourth-order valence-corrected chi connectivity index (χ4v) is 1.49. The minimum atomic E-state index is -2.92. The van der Waals surface area contributed by atoms with Gasteiger partial charge in [0.15, 0.2) is 0 Å². The first-order valence-corrected chi connectivity index (χ1v) is 4.22. The summed E-state index contributed by atoms with van der Waals surface area (Å²) >= 11 is 0. The van der Waals surface area contributed by atoms with Gasteiger partial charge in [0.05, 0.1) is 6.10 Å². The van der Waals surface area contributed by atoms with E-state index in [1.54, 1.807) is 0 Å². The van der Waals surface area contributed by atoms with E-state index in [-0.39, 0.29) is 12.0 Å². The zero-order valence-electron chi connectivity index (χ0n) is 7.41. The summed E-state index contributed by atoms with van der Waals surface area (Å²) in [6.45, 7) is 0.320. The Kier molecular flexibility index (Phi) is 3.19. The molecule has 0 aromatic rings. The van der Waals surface area contributed by atoms with Gasteiger partial charge < -0.3 is 10.0 Å². The lowest BCUT2D eigenvalue weighted by atomic mass is 9.82. The fraction of sp³-hybridized carbons (Fsp3) is 0.875. The highest BCUT2D eigenvalue weighted by Crippen LogP contribution is 2.27. The Bertz CT molecular complexity index is 193. The number of nitrogens with zero attached hydrogens (tertiary/aromatic N) is 1. The van der Waals surface area contributed by atoms with Crippen LogP contribution in [-0.2, 0) is 4.79 Å². The molecule has 1 fully saturated rings. The number of aliphatic hydroxyl groups excluding tert-OH is 1. The molecule has 5 heteroatoms. The molecule has 0 spiro atoms. The second-order valence-corrected chi connectivity index (χ2v) is 3.51. The molecule has 76 valence electrons. The van der Waals surface area contributed by atoms with Crippen LogP contribution >= 0.6 is 0 Å². The molecule has 3 nitrogen and oxygen atoms in total. The lowest BCUT2D eigenvalue weighted by Crippen LogP contribution is -2.41. The highest BCUT2D eigenvalue weighted by atomic mass is 19.3. The van der Waals surface area contributed by atoms with Crippen LogP contribution in [0.5, 0.6) is 0 Å². The first-order valence-electron chi connectivity index (χ1n) is 4.22. The molecular formula is C8H13F2NO2. The topological polar surface area (TPSA) is 40.5 Å². The molecule has 0 unspecified atom stereocenters. The minimum absolute atomic E-state index is 0.183. The summed E-state index contributed by atoms with van der Waals surface area (Å²) in [5.41, 5.74) is 0. The van der Waals surface area contributed by atoms with E-state index in [2.05, 4.69) is 0 Å². The van der Waals surface area contributed by atoms with E-state index < -0.39 is 12.3 Å². The number of aliphatic hydroxyl groups is 1. The number of hydrogen-bond acceptors (Lipinski definition) is 2. The van der Waals surface area contributed by atoms with E-state index in [0.717, 1.165) is 4.90 Å². The Morgan fingerprint density at radius 2 is 2.15 bits per heavy atom. The van der Waals surface area contributed by atoms with Gasteiger partial charge in [-0.2, -0.15) is 8.78 Å². The number of carbonyl (C=O) groups is 1. The predicted molar refractivity (Wildman–Crippen MR) is 42.4 cm³/mol. The van der Waals surface area contributed by atoms with E-state index in [9.17, 15) is 13.6 Å². The van der Waals surface area contributed by atoms with Crippen LogP contribution in [0.3, 0.4) is 0 Å². The maximum Gasteiger partial charge on any atom is 0.315 e. The average molecular weight is 193 g/mol. The Labute approximate surface area is 75.3 Å². The molecule has 0 radical (unpaired) electrons. The van der Waals surface area contributed by atoms with Crippen molar-refractivity contribution in [1.82, 2.24) is 4.90 Å². The van der Waals surface area contributed by atoms with E-state index in [0.29, 0.717) is 19.4 Å². The maximum atomic E-state index is 11.9. The Morgan fingerprint density at radius 3 is 2.54 bits per heavy atom. The van der Waals surface area contributed by atoms with Gasteiger partial charge in [0.1, 0.15) is 0 Å². The third kappa shape index (κ3) is 2.62. The van der Waals surface area contributed by atoms with Gasteiger partial charge in [-0.15, -0.1) is 0 Å². The Balaban J connectivity index is 2.25. The third-order valence-corrected chi connectivity index (χ3v) is 2.31. The molecule has 1 rings (SSSR count). The molecule has 1 saturated carbocycles. The van der Waals surface area contributed by atoms with Gasteiger partial charge in [0, 0.05) is 13.6 Å². The number of amides is 1. The molecule has 1 aliphatic carbocycles. The van der Waals surface area contributed by atoms with Crippen molar-refractivity contribution in [2.75, 3.05) is 13.6 Å². The van der Waals surface area contributed by atoms with Crippen molar-refractivity contribution in [2.24, 2.45) is 5.92 Å². The molecule has 0 bridgehead atoms.